The summed E-state index contributed by atoms with van der Waals surface area (Å²) in [6.07, 6.45) is 2.14. The standard InChI is InChI=1S/C11H23N3O2/c1-11(16-2)4-3-7-14(9-11)8-10(15)13-6-5-12/h3-9,12H2,1-2H3,(H,13,15). The van der Waals surface area contributed by atoms with E-state index in [-0.39, 0.29) is 11.5 Å². The monoisotopic (exact) mass is 229 g/mol. The molecule has 5 nitrogen and oxygen atoms in total. The first-order valence-electron chi connectivity index (χ1n) is 5.84. The predicted octanol–water partition coefficient (Wildman–Crippen LogP) is -0.438. The molecule has 1 aliphatic rings. The van der Waals surface area contributed by atoms with Crippen LogP contribution in [-0.4, -0.2) is 56.2 Å². The molecule has 5 heteroatoms. The minimum atomic E-state index is -0.105. The topological polar surface area (TPSA) is 67.6 Å². The van der Waals surface area contributed by atoms with E-state index < -0.39 is 0 Å². The van der Waals surface area contributed by atoms with Crippen molar-refractivity contribution in [1.82, 2.24) is 10.2 Å². The van der Waals surface area contributed by atoms with Gasteiger partial charge in [-0.25, -0.2) is 0 Å². The number of hydrogen-bond donors (Lipinski definition) is 2. The fraction of sp³-hybridized carbons (Fsp3) is 0.909. The Kier molecular flexibility index (Phi) is 5.18. The molecule has 0 radical (unpaired) electrons. The van der Waals surface area contributed by atoms with Crippen molar-refractivity contribution in [3.63, 3.8) is 0 Å². The largest absolute Gasteiger partial charge is 0.377 e. The second kappa shape index (κ2) is 6.18. The molecule has 1 heterocycles. The summed E-state index contributed by atoms with van der Waals surface area (Å²) in [5.41, 5.74) is 5.22. The Hall–Kier alpha value is -0.650. The Labute approximate surface area is 97.3 Å². The second-order valence-electron chi connectivity index (χ2n) is 4.61. The van der Waals surface area contributed by atoms with Crippen molar-refractivity contribution < 1.29 is 9.53 Å². The number of carbonyl (C=O) groups excluding carboxylic acids is 1. The molecule has 0 aromatic carbocycles. The molecule has 1 fully saturated rings. The molecule has 1 amide bonds. The van der Waals surface area contributed by atoms with Crippen molar-refractivity contribution in [2.75, 3.05) is 39.8 Å². The molecule has 1 unspecified atom stereocenters. The molecular formula is C11H23N3O2. The molecule has 1 rings (SSSR count). The van der Waals surface area contributed by atoms with Gasteiger partial charge in [-0.2, -0.15) is 0 Å². The zero-order valence-electron chi connectivity index (χ0n) is 10.3. The number of ether oxygens (including phenoxy) is 1. The number of likely N-dealkylation sites (tertiary alicyclic amines) is 1. The van der Waals surface area contributed by atoms with Gasteiger partial charge in [0.2, 0.25) is 5.91 Å². The minimum absolute atomic E-state index is 0.0470. The predicted molar refractivity (Wildman–Crippen MR) is 63.2 cm³/mol. The maximum absolute atomic E-state index is 11.5. The van der Waals surface area contributed by atoms with Crippen LogP contribution in [0.5, 0.6) is 0 Å². The summed E-state index contributed by atoms with van der Waals surface area (Å²) in [6.45, 7) is 5.36. The maximum atomic E-state index is 11.5. The van der Waals surface area contributed by atoms with E-state index in [4.69, 9.17) is 10.5 Å². The summed E-state index contributed by atoms with van der Waals surface area (Å²) >= 11 is 0. The molecule has 1 saturated heterocycles. The smallest absolute Gasteiger partial charge is 0.234 e. The molecule has 0 aromatic heterocycles. The van der Waals surface area contributed by atoms with Gasteiger partial charge in [0.05, 0.1) is 12.1 Å². The number of piperidine rings is 1. The van der Waals surface area contributed by atoms with Gasteiger partial charge in [-0.3, -0.25) is 9.69 Å². The average Bonchev–Trinajstić information content (AvgIpc) is 2.26. The molecule has 0 bridgehead atoms. The number of methoxy groups -OCH3 is 1. The molecule has 1 aliphatic heterocycles. The van der Waals surface area contributed by atoms with Gasteiger partial charge in [-0.15, -0.1) is 0 Å². The highest BCUT2D eigenvalue weighted by Crippen LogP contribution is 2.23. The first kappa shape index (κ1) is 13.4. The maximum Gasteiger partial charge on any atom is 0.234 e. The van der Waals surface area contributed by atoms with Crippen LogP contribution in [0.1, 0.15) is 19.8 Å². The van der Waals surface area contributed by atoms with E-state index in [9.17, 15) is 4.79 Å². The van der Waals surface area contributed by atoms with E-state index in [0.717, 1.165) is 25.9 Å². The molecule has 0 saturated carbocycles. The van der Waals surface area contributed by atoms with Gasteiger partial charge in [-0.05, 0) is 26.3 Å². The van der Waals surface area contributed by atoms with Crippen LogP contribution < -0.4 is 11.1 Å². The normalized spacial score (nSPS) is 26.7. The lowest BCUT2D eigenvalue weighted by molar-refractivity contribution is -0.124. The highest BCUT2D eigenvalue weighted by Gasteiger charge is 2.31. The van der Waals surface area contributed by atoms with Crippen LogP contribution in [0.2, 0.25) is 0 Å². The number of nitrogens with two attached hydrogens (primary N) is 1. The fourth-order valence-corrected chi connectivity index (χ4v) is 2.08. The summed E-state index contributed by atoms with van der Waals surface area (Å²) in [5, 5.41) is 2.78. The summed E-state index contributed by atoms with van der Waals surface area (Å²) in [7, 11) is 1.73. The second-order valence-corrected chi connectivity index (χ2v) is 4.61. The summed E-state index contributed by atoms with van der Waals surface area (Å²) in [6, 6.07) is 0. The van der Waals surface area contributed by atoms with E-state index in [0.29, 0.717) is 19.6 Å². The van der Waals surface area contributed by atoms with Gasteiger partial charge in [-0.1, -0.05) is 0 Å². The zero-order valence-corrected chi connectivity index (χ0v) is 10.3. The SMILES string of the molecule is COC1(C)CCCN(CC(=O)NCCN)C1. The molecule has 16 heavy (non-hydrogen) atoms. The Balaban J connectivity index is 2.34. The number of amides is 1. The van der Waals surface area contributed by atoms with Crippen LogP contribution in [0, 0.1) is 0 Å². The number of rotatable bonds is 5. The Bertz CT molecular complexity index is 235. The highest BCUT2D eigenvalue weighted by atomic mass is 16.5. The van der Waals surface area contributed by atoms with E-state index in [1.165, 1.54) is 0 Å². The van der Waals surface area contributed by atoms with Crippen molar-refractivity contribution in [3.8, 4) is 0 Å². The van der Waals surface area contributed by atoms with Crippen molar-refractivity contribution in [2.45, 2.75) is 25.4 Å². The first-order valence-corrected chi connectivity index (χ1v) is 5.84. The molecule has 0 aliphatic carbocycles. The molecule has 3 N–H and O–H groups in total. The lowest BCUT2D eigenvalue weighted by atomic mass is 9.95. The summed E-state index contributed by atoms with van der Waals surface area (Å²) in [4.78, 5) is 13.7. The van der Waals surface area contributed by atoms with Gasteiger partial charge in [0.1, 0.15) is 0 Å². The number of nitrogens with one attached hydrogen (secondary N) is 1. The molecule has 94 valence electrons. The van der Waals surface area contributed by atoms with Crippen LogP contribution in [0.15, 0.2) is 0 Å². The molecular weight excluding hydrogens is 206 g/mol. The zero-order chi connectivity index (χ0) is 12.0. The van der Waals surface area contributed by atoms with E-state index in [1.807, 2.05) is 0 Å². The van der Waals surface area contributed by atoms with Gasteiger partial charge in [0, 0.05) is 26.7 Å². The van der Waals surface area contributed by atoms with Crippen LogP contribution in [-0.2, 0) is 9.53 Å². The van der Waals surface area contributed by atoms with E-state index in [2.05, 4.69) is 17.1 Å². The third-order valence-corrected chi connectivity index (χ3v) is 3.06. The van der Waals surface area contributed by atoms with E-state index >= 15 is 0 Å². The van der Waals surface area contributed by atoms with Crippen molar-refractivity contribution in [3.05, 3.63) is 0 Å². The highest BCUT2D eigenvalue weighted by molar-refractivity contribution is 5.78. The summed E-state index contributed by atoms with van der Waals surface area (Å²) < 4.78 is 5.48. The minimum Gasteiger partial charge on any atom is -0.377 e. The molecule has 1 atom stereocenters. The summed E-state index contributed by atoms with van der Waals surface area (Å²) in [5.74, 6) is 0.0470. The lowest BCUT2D eigenvalue weighted by Crippen LogP contribution is -2.50. The quantitative estimate of drug-likeness (QED) is 0.671. The number of carbonyl (C=O) groups is 1. The third-order valence-electron chi connectivity index (χ3n) is 3.06. The van der Waals surface area contributed by atoms with Crippen LogP contribution >= 0.6 is 0 Å². The Morgan fingerprint density at radius 2 is 2.38 bits per heavy atom. The van der Waals surface area contributed by atoms with Gasteiger partial charge in [0.15, 0.2) is 0 Å². The third kappa shape index (κ3) is 4.08. The van der Waals surface area contributed by atoms with Gasteiger partial charge >= 0.3 is 0 Å². The number of hydrogen-bond acceptors (Lipinski definition) is 4. The number of nitrogens with zero attached hydrogens (tertiary/aromatic N) is 1. The first-order chi connectivity index (χ1) is 7.59. The van der Waals surface area contributed by atoms with Crippen molar-refractivity contribution in [2.24, 2.45) is 5.73 Å². The lowest BCUT2D eigenvalue weighted by Gasteiger charge is -2.39. The van der Waals surface area contributed by atoms with E-state index in [1.54, 1.807) is 7.11 Å². The van der Waals surface area contributed by atoms with Gasteiger partial charge in [0.25, 0.3) is 0 Å². The molecule has 0 spiro atoms. The van der Waals surface area contributed by atoms with Crippen LogP contribution in [0.25, 0.3) is 0 Å². The Morgan fingerprint density at radius 1 is 1.62 bits per heavy atom. The molecule has 0 aromatic rings. The van der Waals surface area contributed by atoms with Crippen molar-refractivity contribution >= 4 is 5.91 Å². The Morgan fingerprint density at radius 3 is 3.00 bits per heavy atom. The average molecular weight is 229 g/mol. The van der Waals surface area contributed by atoms with Crippen LogP contribution in [0.3, 0.4) is 0 Å². The fourth-order valence-electron chi connectivity index (χ4n) is 2.08. The van der Waals surface area contributed by atoms with Gasteiger partial charge < -0.3 is 15.8 Å². The van der Waals surface area contributed by atoms with Crippen LogP contribution in [0.4, 0.5) is 0 Å². The van der Waals surface area contributed by atoms with Crippen molar-refractivity contribution in [1.29, 1.82) is 0 Å².